The Bertz CT molecular complexity index is 686. The first kappa shape index (κ1) is 14.1. The second-order valence-corrected chi connectivity index (χ2v) is 8.65. The molecule has 23 heavy (non-hydrogen) atoms. The maximum absolute atomic E-state index is 4.75. The fraction of sp³-hybridized carbons (Fsp3) is 0.579. The lowest BCUT2D eigenvalue weighted by molar-refractivity contribution is -0.0103. The molecule has 3 nitrogen and oxygen atoms in total. The number of para-hydroxylation sites is 1. The van der Waals surface area contributed by atoms with Crippen LogP contribution in [0.2, 0.25) is 0 Å². The topological polar surface area (TPSA) is 30.7 Å². The van der Waals surface area contributed by atoms with E-state index in [2.05, 4.69) is 46.3 Å². The summed E-state index contributed by atoms with van der Waals surface area (Å²) in [6, 6.07) is 10.7. The minimum absolute atomic E-state index is 0.283. The van der Waals surface area contributed by atoms with Gasteiger partial charge in [-0.05, 0) is 74.7 Å². The number of thioether (sulfide) groups is 1. The van der Waals surface area contributed by atoms with Crippen LogP contribution >= 0.6 is 11.8 Å². The van der Waals surface area contributed by atoms with Gasteiger partial charge in [-0.2, -0.15) is 0 Å². The highest BCUT2D eigenvalue weighted by Crippen LogP contribution is 2.60. The van der Waals surface area contributed by atoms with E-state index in [9.17, 15) is 0 Å². The van der Waals surface area contributed by atoms with Crippen LogP contribution in [-0.2, 0) is 5.41 Å². The molecule has 0 unspecified atom stereocenters. The van der Waals surface area contributed by atoms with Gasteiger partial charge in [0.05, 0.1) is 0 Å². The summed E-state index contributed by atoms with van der Waals surface area (Å²) in [5, 5.41) is 10.3. The fourth-order valence-corrected chi connectivity index (χ4v) is 6.44. The molecule has 0 atom stereocenters. The highest BCUT2D eigenvalue weighted by molar-refractivity contribution is 7.98. The minimum atomic E-state index is 0.283. The molecule has 0 spiro atoms. The van der Waals surface area contributed by atoms with Gasteiger partial charge in [0.1, 0.15) is 5.82 Å². The summed E-state index contributed by atoms with van der Waals surface area (Å²) in [5.41, 5.74) is 1.50. The molecule has 0 amide bonds. The van der Waals surface area contributed by atoms with Gasteiger partial charge in [0.15, 0.2) is 5.16 Å². The van der Waals surface area contributed by atoms with Crippen LogP contribution in [0.5, 0.6) is 0 Å². The monoisotopic (exact) mass is 325 g/mol. The number of benzene rings is 1. The smallest absolute Gasteiger partial charge is 0.195 e. The average molecular weight is 325 g/mol. The molecule has 4 aliphatic carbocycles. The number of hydrogen-bond donors (Lipinski definition) is 0. The lowest BCUT2D eigenvalue weighted by atomic mass is 9.49. The Kier molecular flexibility index (Phi) is 3.12. The zero-order valence-corrected chi connectivity index (χ0v) is 14.4. The van der Waals surface area contributed by atoms with Crippen molar-refractivity contribution in [3.8, 4) is 5.69 Å². The third-order valence-electron chi connectivity index (χ3n) is 6.34. The summed E-state index contributed by atoms with van der Waals surface area (Å²) in [6.45, 7) is 0. The Morgan fingerprint density at radius 1 is 0.957 bits per heavy atom. The molecule has 4 bridgehead atoms. The van der Waals surface area contributed by atoms with E-state index in [4.69, 9.17) is 5.10 Å². The van der Waals surface area contributed by atoms with Crippen LogP contribution in [0, 0.1) is 17.8 Å². The Labute approximate surface area is 141 Å². The van der Waals surface area contributed by atoms with Gasteiger partial charge in [0.25, 0.3) is 0 Å². The van der Waals surface area contributed by atoms with Gasteiger partial charge in [-0.25, -0.2) is 0 Å². The highest BCUT2D eigenvalue weighted by atomic mass is 32.2. The van der Waals surface area contributed by atoms with Crippen molar-refractivity contribution in [2.45, 2.75) is 49.1 Å². The Morgan fingerprint density at radius 2 is 1.57 bits per heavy atom. The van der Waals surface area contributed by atoms with Gasteiger partial charge < -0.3 is 0 Å². The van der Waals surface area contributed by atoms with E-state index in [1.54, 1.807) is 11.8 Å². The molecule has 0 radical (unpaired) electrons. The molecule has 1 aromatic heterocycles. The molecule has 6 rings (SSSR count). The zero-order valence-electron chi connectivity index (χ0n) is 13.6. The summed E-state index contributed by atoms with van der Waals surface area (Å²) < 4.78 is 2.35. The summed E-state index contributed by atoms with van der Waals surface area (Å²) in [5.74, 6) is 4.03. The van der Waals surface area contributed by atoms with Crippen molar-refractivity contribution in [1.82, 2.24) is 14.8 Å². The van der Waals surface area contributed by atoms with Crippen LogP contribution in [0.15, 0.2) is 35.5 Å². The second-order valence-electron chi connectivity index (χ2n) is 7.88. The molecule has 0 aliphatic heterocycles. The van der Waals surface area contributed by atoms with Crippen LogP contribution in [0.4, 0.5) is 0 Å². The van der Waals surface area contributed by atoms with Crippen molar-refractivity contribution >= 4 is 11.8 Å². The van der Waals surface area contributed by atoms with Gasteiger partial charge in [-0.3, -0.25) is 4.57 Å². The largest absolute Gasteiger partial charge is 0.274 e. The van der Waals surface area contributed by atoms with Gasteiger partial charge in [-0.1, -0.05) is 30.0 Å². The minimum Gasteiger partial charge on any atom is -0.274 e. The van der Waals surface area contributed by atoms with Crippen LogP contribution in [0.1, 0.15) is 44.3 Å². The molecule has 0 saturated heterocycles. The van der Waals surface area contributed by atoms with Crippen molar-refractivity contribution in [3.63, 3.8) is 0 Å². The molecule has 4 saturated carbocycles. The van der Waals surface area contributed by atoms with Gasteiger partial charge in [-0.15, -0.1) is 10.2 Å². The Balaban J connectivity index is 1.65. The lowest BCUT2D eigenvalue weighted by Gasteiger charge is -2.56. The van der Waals surface area contributed by atoms with Crippen LogP contribution < -0.4 is 0 Å². The van der Waals surface area contributed by atoms with Crippen molar-refractivity contribution in [2.24, 2.45) is 17.8 Å². The van der Waals surface area contributed by atoms with E-state index in [1.807, 2.05) is 0 Å². The Morgan fingerprint density at radius 3 is 2.13 bits per heavy atom. The number of rotatable bonds is 3. The van der Waals surface area contributed by atoms with E-state index >= 15 is 0 Å². The van der Waals surface area contributed by atoms with E-state index in [-0.39, 0.29) is 5.41 Å². The van der Waals surface area contributed by atoms with Crippen molar-refractivity contribution < 1.29 is 0 Å². The highest BCUT2D eigenvalue weighted by Gasteiger charge is 2.54. The SMILES string of the molecule is CSc1nnc(C23CC4CC(CC(C4)C2)C3)n1-c1ccccc1. The fourth-order valence-electron chi connectivity index (χ4n) is 5.94. The van der Waals surface area contributed by atoms with E-state index in [0.29, 0.717) is 0 Å². The first-order valence-electron chi connectivity index (χ1n) is 8.83. The molecular formula is C19H23N3S. The van der Waals surface area contributed by atoms with Crippen LogP contribution in [-0.4, -0.2) is 21.0 Å². The van der Waals surface area contributed by atoms with Gasteiger partial charge >= 0.3 is 0 Å². The maximum Gasteiger partial charge on any atom is 0.195 e. The van der Waals surface area contributed by atoms with Crippen molar-refractivity contribution in [1.29, 1.82) is 0 Å². The predicted molar refractivity (Wildman–Crippen MR) is 93.0 cm³/mol. The zero-order chi connectivity index (χ0) is 15.4. The van der Waals surface area contributed by atoms with E-state index < -0.39 is 0 Å². The first-order chi connectivity index (χ1) is 11.3. The number of aromatic nitrogens is 3. The maximum atomic E-state index is 4.75. The molecule has 1 heterocycles. The molecule has 0 N–H and O–H groups in total. The standard InChI is InChI=1S/C19H23N3S/c1-23-18-21-20-17(22(18)16-5-3-2-4-6-16)19-10-13-7-14(11-19)9-15(8-13)12-19/h2-6,13-15H,7-12H2,1H3. The Hall–Kier alpha value is -1.29. The average Bonchev–Trinajstić information content (AvgIpc) is 2.99. The predicted octanol–water partition coefficient (Wildman–Crippen LogP) is 4.46. The molecule has 2 aromatic rings. The molecular weight excluding hydrogens is 302 g/mol. The van der Waals surface area contributed by atoms with Crippen molar-refractivity contribution in [3.05, 3.63) is 36.2 Å². The normalized spacial score (nSPS) is 34.9. The number of hydrogen-bond acceptors (Lipinski definition) is 3. The molecule has 4 fully saturated rings. The quantitative estimate of drug-likeness (QED) is 0.781. The third kappa shape index (κ3) is 2.10. The van der Waals surface area contributed by atoms with Crippen LogP contribution in [0.3, 0.4) is 0 Å². The van der Waals surface area contributed by atoms with Crippen LogP contribution in [0.25, 0.3) is 5.69 Å². The molecule has 4 heteroatoms. The summed E-state index contributed by atoms with van der Waals surface area (Å²) >= 11 is 1.70. The number of nitrogens with zero attached hydrogens (tertiary/aromatic N) is 3. The van der Waals surface area contributed by atoms with E-state index in [1.165, 1.54) is 50.0 Å². The van der Waals surface area contributed by atoms with Gasteiger partial charge in [0.2, 0.25) is 0 Å². The third-order valence-corrected chi connectivity index (χ3v) is 6.97. The molecule has 4 aliphatic rings. The lowest BCUT2D eigenvalue weighted by Crippen LogP contribution is -2.49. The molecule has 120 valence electrons. The van der Waals surface area contributed by atoms with Crippen molar-refractivity contribution in [2.75, 3.05) is 6.26 Å². The second kappa shape index (κ2) is 5.10. The molecule has 1 aromatic carbocycles. The van der Waals surface area contributed by atoms with E-state index in [0.717, 1.165) is 22.9 Å². The summed E-state index contributed by atoms with van der Waals surface area (Å²) in [7, 11) is 0. The summed E-state index contributed by atoms with van der Waals surface area (Å²) in [4.78, 5) is 0. The first-order valence-corrected chi connectivity index (χ1v) is 10.1. The van der Waals surface area contributed by atoms with Gasteiger partial charge in [0, 0.05) is 11.1 Å². The summed E-state index contributed by atoms with van der Waals surface area (Å²) in [6.07, 6.45) is 10.5.